The van der Waals surface area contributed by atoms with Crippen LogP contribution in [-0.4, -0.2) is 63.4 Å². The zero-order chi connectivity index (χ0) is 36.9. The van der Waals surface area contributed by atoms with Gasteiger partial charge in [-0.3, -0.25) is 34.3 Å². The number of anilines is 1. The van der Waals surface area contributed by atoms with Crippen molar-refractivity contribution in [2.24, 2.45) is 23.7 Å². The highest BCUT2D eigenvalue weighted by atomic mass is 35.5. The number of amides is 4. The number of likely N-dealkylation sites (tertiary alicyclic amines) is 1. The molecule has 270 valence electrons. The van der Waals surface area contributed by atoms with Gasteiger partial charge in [-0.25, -0.2) is 4.39 Å². The number of aliphatic carboxylic acids is 1. The molecule has 7 rings (SSSR count). The van der Waals surface area contributed by atoms with Gasteiger partial charge in [0.05, 0.1) is 36.0 Å². The van der Waals surface area contributed by atoms with Gasteiger partial charge < -0.3 is 14.9 Å². The molecule has 6 unspecified atom stereocenters. The summed E-state index contributed by atoms with van der Waals surface area (Å²) in [6.45, 7) is 0.153. The third-order valence-corrected chi connectivity index (χ3v) is 11.4. The van der Waals surface area contributed by atoms with Crippen molar-refractivity contribution in [1.82, 2.24) is 9.91 Å². The fraction of sp³-hybridized carbons (Fsp3) is 0.359. The predicted octanol–water partition coefficient (Wildman–Crippen LogP) is 5.82. The first kappa shape index (κ1) is 35.2. The van der Waals surface area contributed by atoms with E-state index in [2.05, 4.69) is 5.43 Å². The number of carboxylic acid groups (broad SMARTS) is 1. The molecule has 0 radical (unpaired) electrons. The van der Waals surface area contributed by atoms with Gasteiger partial charge in [0.2, 0.25) is 11.8 Å². The van der Waals surface area contributed by atoms with Crippen LogP contribution in [0.4, 0.5) is 10.1 Å². The first-order chi connectivity index (χ1) is 25.0. The Morgan fingerprint density at radius 3 is 2.37 bits per heavy atom. The molecule has 3 aromatic rings. The molecule has 0 bridgehead atoms. The number of carboxylic acids is 1. The molecule has 3 fully saturated rings. The van der Waals surface area contributed by atoms with Crippen LogP contribution in [0, 0.1) is 29.5 Å². The number of benzene rings is 3. The molecule has 11 nitrogen and oxygen atoms in total. The molecular weight excluding hydrogens is 693 g/mol. The highest BCUT2D eigenvalue weighted by molar-refractivity contribution is 6.30. The Morgan fingerprint density at radius 1 is 0.962 bits per heavy atom. The van der Waals surface area contributed by atoms with E-state index in [1.807, 2.05) is 6.08 Å². The number of halogens is 2. The first-order valence-electron chi connectivity index (χ1n) is 17.3. The van der Waals surface area contributed by atoms with E-state index in [4.69, 9.17) is 21.4 Å². The van der Waals surface area contributed by atoms with E-state index >= 15 is 4.79 Å². The molecule has 4 amide bonds. The summed E-state index contributed by atoms with van der Waals surface area (Å²) in [5.74, 6) is -7.20. The van der Waals surface area contributed by atoms with Crippen LogP contribution in [0.5, 0.6) is 11.5 Å². The summed E-state index contributed by atoms with van der Waals surface area (Å²) in [7, 11) is 1.46. The fourth-order valence-electron chi connectivity index (χ4n) is 8.90. The topological polar surface area (TPSA) is 154 Å². The summed E-state index contributed by atoms with van der Waals surface area (Å²) in [6, 6.07) is 16.6. The van der Waals surface area contributed by atoms with Crippen molar-refractivity contribution in [3.63, 3.8) is 0 Å². The summed E-state index contributed by atoms with van der Waals surface area (Å²) >= 11 is 6.33. The SMILES string of the molecule is COc1ccc(C2C3=CCC4C(=O)N(CCCCCC(=O)O)C(=O)C4C3CC3C(=O)N(Nc4ccc(F)cc4)C(=O)C32c2ccc(Cl)cc2)c(O)c1. The zero-order valence-corrected chi connectivity index (χ0v) is 29.0. The summed E-state index contributed by atoms with van der Waals surface area (Å²) in [4.78, 5) is 70.1. The largest absolute Gasteiger partial charge is 0.508 e. The number of allylic oxidation sites excluding steroid dienone is 2. The van der Waals surface area contributed by atoms with Crippen LogP contribution < -0.4 is 10.2 Å². The van der Waals surface area contributed by atoms with Crippen LogP contribution in [0.1, 0.15) is 55.6 Å². The normalized spacial score (nSPS) is 26.5. The van der Waals surface area contributed by atoms with Gasteiger partial charge in [-0.15, -0.1) is 0 Å². The van der Waals surface area contributed by atoms with Crippen LogP contribution in [0.25, 0.3) is 0 Å². The number of unbranched alkanes of at least 4 members (excludes halogenated alkanes) is 2. The number of fused-ring (bicyclic) bond motifs is 4. The third kappa shape index (κ3) is 5.69. The number of hydrogen-bond donors (Lipinski definition) is 3. The van der Waals surface area contributed by atoms with Crippen molar-refractivity contribution < 1.29 is 43.3 Å². The molecule has 3 aromatic carbocycles. The van der Waals surface area contributed by atoms with Gasteiger partial charge >= 0.3 is 5.97 Å². The van der Waals surface area contributed by atoms with Gasteiger partial charge in [-0.2, -0.15) is 5.01 Å². The smallest absolute Gasteiger partial charge is 0.303 e. The number of ether oxygens (including phenoxy) is 1. The van der Waals surface area contributed by atoms with Crippen molar-refractivity contribution in [1.29, 1.82) is 0 Å². The van der Waals surface area contributed by atoms with Crippen LogP contribution in [0.2, 0.25) is 5.02 Å². The van der Waals surface area contributed by atoms with E-state index in [0.717, 1.165) is 5.01 Å². The molecule has 6 atom stereocenters. The lowest BCUT2D eigenvalue weighted by Crippen LogP contribution is -2.53. The number of phenols is 1. The fourth-order valence-corrected chi connectivity index (χ4v) is 9.03. The summed E-state index contributed by atoms with van der Waals surface area (Å²) < 4.78 is 19.2. The molecule has 52 heavy (non-hydrogen) atoms. The summed E-state index contributed by atoms with van der Waals surface area (Å²) in [6.07, 6.45) is 3.57. The zero-order valence-electron chi connectivity index (χ0n) is 28.3. The third-order valence-electron chi connectivity index (χ3n) is 11.2. The van der Waals surface area contributed by atoms with Crippen LogP contribution >= 0.6 is 11.6 Å². The van der Waals surface area contributed by atoms with Crippen molar-refractivity contribution in [3.8, 4) is 11.5 Å². The lowest BCUT2D eigenvalue weighted by molar-refractivity contribution is -0.141. The van der Waals surface area contributed by atoms with E-state index in [9.17, 15) is 28.7 Å². The summed E-state index contributed by atoms with van der Waals surface area (Å²) in [5.41, 5.74) is 3.04. The Hall–Kier alpha value is -5.23. The van der Waals surface area contributed by atoms with Crippen molar-refractivity contribution >= 4 is 46.9 Å². The second kappa shape index (κ2) is 13.7. The number of phenolic OH excluding ortho intramolecular Hbond substituents is 1. The number of imide groups is 2. The van der Waals surface area contributed by atoms with Crippen molar-refractivity contribution in [2.45, 2.75) is 49.9 Å². The molecule has 0 aromatic heterocycles. The Kier molecular flexibility index (Phi) is 9.28. The van der Waals surface area contributed by atoms with E-state index in [1.165, 1.54) is 42.3 Å². The molecular formula is C39H37ClFN3O8. The average molecular weight is 730 g/mol. The average Bonchev–Trinajstić information content (AvgIpc) is 3.49. The minimum absolute atomic E-state index is 0.00136. The predicted molar refractivity (Wildman–Crippen MR) is 187 cm³/mol. The second-order valence-electron chi connectivity index (χ2n) is 13.8. The van der Waals surface area contributed by atoms with Crippen LogP contribution in [0.3, 0.4) is 0 Å². The lowest BCUT2D eigenvalue weighted by Gasteiger charge is -2.50. The minimum atomic E-state index is -1.63. The number of methoxy groups -OCH3 is 1. The molecule has 1 saturated carbocycles. The van der Waals surface area contributed by atoms with Gasteiger partial charge in [0.15, 0.2) is 0 Å². The van der Waals surface area contributed by atoms with E-state index in [0.29, 0.717) is 52.4 Å². The number of nitrogens with zero attached hydrogens (tertiary/aromatic N) is 2. The lowest BCUT2D eigenvalue weighted by atomic mass is 9.49. The quantitative estimate of drug-likeness (QED) is 0.126. The molecule has 2 aliphatic heterocycles. The number of nitrogens with one attached hydrogen (secondary N) is 1. The standard InChI is InChI=1S/C39H37ClFN3O8/c1-52-25-14-15-27(31(45)19-25)34-26-16-17-28-33(37(50)43(35(28)48)18-4-2-3-5-32(46)47)29(26)20-30-36(49)44(42-24-12-10-23(41)11-13-24)38(51)39(30,34)21-6-8-22(40)9-7-21/h6-16,19,28-30,33-34,42,45H,2-5,17-18,20H2,1H3,(H,46,47). The Balaban J connectivity index is 1.36. The van der Waals surface area contributed by atoms with Crippen molar-refractivity contribution in [2.75, 3.05) is 19.1 Å². The highest BCUT2D eigenvalue weighted by Crippen LogP contribution is 2.65. The Labute approximate surface area is 304 Å². The van der Waals surface area contributed by atoms with E-state index in [1.54, 1.807) is 36.4 Å². The maximum absolute atomic E-state index is 15.2. The number of carbonyl (C=O) groups is 5. The van der Waals surface area contributed by atoms with Gasteiger partial charge in [-0.05, 0) is 79.6 Å². The first-order valence-corrected chi connectivity index (χ1v) is 17.7. The molecule has 3 N–H and O–H groups in total. The Bertz CT molecular complexity index is 1990. The second-order valence-corrected chi connectivity index (χ2v) is 14.3. The van der Waals surface area contributed by atoms with E-state index in [-0.39, 0.29) is 43.4 Å². The molecule has 13 heteroatoms. The number of rotatable bonds is 11. The number of hydrazine groups is 1. The molecule has 2 heterocycles. The van der Waals surface area contributed by atoms with Crippen molar-refractivity contribution in [3.05, 3.63) is 100 Å². The number of hydrogen-bond acceptors (Lipinski definition) is 8. The highest BCUT2D eigenvalue weighted by Gasteiger charge is 2.70. The van der Waals surface area contributed by atoms with Gasteiger partial charge in [0.1, 0.15) is 17.3 Å². The van der Waals surface area contributed by atoms with Crippen LogP contribution in [0.15, 0.2) is 78.4 Å². The molecule has 2 saturated heterocycles. The minimum Gasteiger partial charge on any atom is -0.508 e. The van der Waals surface area contributed by atoms with Crippen LogP contribution in [-0.2, 0) is 29.4 Å². The number of aromatic hydroxyl groups is 1. The van der Waals surface area contributed by atoms with Gasteiger partial charge in [-0.1, -0.05) is 47.9 Å². The maximum atomic E-state index is 15.2. The van der Waals surface area contributed by atoms with Gasteiger partial charge in [0.25, 0.3) is 11.8 Å². The molecule has 2 aliphatic carbocycles. The molecule has 4 aliphatic rings. The maximum Gasteiger partial charge on any atom is 0.303 e. The monoisotopic (exact) mass is 729 g/mol. The molecule has 0 spiro atoms. The van der Waals surface area contributed by atoms with Gasteiger partial charge in [0, 0.05) is 35.5 Å². The summed E-state index contributed by atoms with van der Waals surface area (Å²) in [5, 5.41) is 22.0. The Morgan fingerprint density at radius 2 is 1.69 bits per heavy atom. The number of carbonyl (C=O) groups excluding carboxylic acids is 4. The van der Waals surface area contributed by atoms with E-state index < -0.39 is 58.6 Å².